The summed E-state index contributed by atoms with van der Waals surface area (Å²) >= 11 is 1.67. The summed E-state index contributed by atoms with van der Waals surface area (Å²) in [4.78, 5) is 15.6. The van der Waals surface area contributed by atoms with Crippen LogP contribution in [0.5, 0.6) is 11.5 Å². The van der Waals surface area contributed by atoms with Crippen molar-refractivity contribution >= 4 is 27.4 Å². The highest BCUT2D eigenvalue weighted by Gasteiger charge is 2.14. The van der Waals surface area contributed by atoms with Crippen LogP contribution in [0.2, 0.25) is 0 Å². The summed E-state index contributed by atoms with van der Waals surface area (Å²) in [5.41, 5.74) is 3.78. The second-order valence-corrected chi connectivity index (χ2v) is 8.35. The van der Waals surface area contributed by atoms with Crippen LogP contribution in [0.3, 0.4) is 0 Å². The number of rotatable bonds is 8. The van der Waals surface area contributed by atoms with Crippen LogP contribution in [0.25, 0.3) is 21.3 Å². The number of hydrogen-bond donors (Lipinski definition) is 1. The average Bonchev–Trinajstić information content (AvgIpc) is 3.25. The maximum atomic E-state index is 11.1. The number of thiophene rings is 1. The summed E-state index contributed by atoms with van der Waals surface area (Å²) in [6.07, 6.45) is 1.75. The van der Waals surface area contributed by atoms with Gasteiger partial charge >= 0.3 is 5.97 Å². The van der Waals surface area contributed by atoms with Gasteiger partial charge in [0.25, 0.3) is 0 Å². The van der Waals surface area contributed by atoms with Crippen LogP contribution in [0.4, 0.5) is 0 Å². The molecular formula is C27H23NO4S. The highest BCUT2D eigenvalue weighted by molar-refractivity contribution is 7.17. The van der Waals surface area contributed by atoms with E-state index >= 15 is 0 Å². The molecule has 0 bridgehead atoms. The standard InChI is InChI=1S/C27H23NO4S/c1-3-5-20(15-26(29)30)19-8-10-21(11-9-19)32-16-18-7-12-25-22(14-18)23(17-33-25)27-24(31-2)6-4-13-28-27/h4,6-14,17,20H,15-16H2,1-2H3,(H,29,30)/t20-/m0/s1. The van der Waals surface area contributed by atoms with Gasteiger partial charge in [0, 0.05) is 27.2 Å². The number of pyridine rings is 1. The summed E-state index contributed by atoms with van der Waals surface area (Å²) in [6, 6.07) is 17.5. The Bertz CT molecular complexity index is 1330. The van der Waals surface area contributed by atoms with Crippen molar-refractivity contribution in [2.75, 3.05) is 7.11 Å². The van der Waals surface area contributed by atoms with E-state index < -0.39 is 5.97 Å². The molecule has 4 aromatic rings. The summed E-state index contributed by atoms with van der Waals surface area (Å²) in [5, 5.41) is 12.3. The molecule has 0 spiro atoms. The second-order valence-electron chi connectivity index (χ2n) is 7.44. The number of aromatic nitrogens is 1. The van der Waals surface area contributed by atoms with Crippen molar-refractivity contribution in [3.8, 4) is 34.6 Å². The first kappa shape index (κ1) is 22.4. The lowest BCUT2D eigenvalue weighted by Gasteiger charge is -2.11. The third-order valence-electron chi connectivity index (χ3n) is 5.27. The minimum Gasteiger partial charge on any atom is -0.494 e. The number of fused-ring (bicyclic) bond motifs is 1. The monoisotopic (exact) mass is 457 g/mol. The summed E-state index contributed by atoms with van der Waals surface area (Å²) in [6.45, 7) is 2.13. The van der Waals surface area contributed by atoms with E-state index in [4.69, 9.17) is 14.6 Å². The van der Waals surface area contributed by atoms with Crippen molar-refractivity contribution in [3.05, 3.63) is 77.3 Å². The maximum Gasteiger partial charge on any atom is 0.304 e. The van der Waals surface area contributed by atoms with E-state index in [-0.39, 0.29) is 12.3 Å². The van der Waals surface area contributed by atoms with Crippen LogP contribution >= 0.6 is 11.3 Å². The lowest BCUT2D eigenvalue weighted by molar-refractivity contribution is -0.137. The molecule has 0 saturated carbocycles. The van der Waals surface area contributed by atoms with Crippen LogP contribution in [-0.2, 0) is 11.4 Å². The molecule has 1 N–H and O–H groups in total. The molecule has 0 saturated heterocycles. The Morgan fingerprint density at radius 3 is 2.73 bits per heavy atom. The molecule has 0 fully saturated rings. The molecule has 0 radical (unpaired) electrons. The second kappa shape index (κ2) is 10.2. The predicted molar refractivity (Wildman–Crippen MR) is 131 cm³/mol. The largest absolute Gasteiger partial charge is 0.494 e. The molecule has 6 heteroatoms. The molecule has 0 unspecified atom stereocenters. The molecule has 33 heavy (non-hydrogen) atoms. The van der Waals surface area contributed by atoms with Gasteiger partial charge in [0.05, 0.1) is 19.4 Å². The molecule has 0 aliphatic rings. The van der Waals surface area contributed by atoms with E-state index in [1.807, 2.05) is 36.4 Å². The van der Waals surface area contributed by atoms with Gasteiger partial charge in [0.15, 0.2) is 0 Å². The highest BCUT2D eigenvalue weighted by atomic mass is 32.1. The fraction of sp³-hybridized carbons (Fsp3) is 0.185. The van der Waals surface area contributed by atoms with Gasteiger partial charge in [-0.2, -0.15) is 0 Å². The van der Waals surface area contributed by atoms with Crippen LogP contribution in [-0.4, -0.2) is 23.2 Å². The van der Waals surface area contributed by atoms with E-state index in [1.165, 1.54) is 4.70 Å². The van der Waals surface area contributed by atoms with Crippen LogP contribution < -0.4 is 9.47 Å². The Kier molecular flexibility index (Phi) is 6.92. The molecule has 2 heterocycles. The Balaban J connectivity index is 1.52. The Morgan fingerprint density at radius 1 is 1.18 bits per heavy atom. The molecule has 4 rings (SSSR count). The Morgan fingerprint density at radius 2 is 2.00 bits per heavy atom. The topological polar surface area (TPSA) is 68.7 Å². The third kappa shape index (κ3) is 5.16. The molecule has 0 aliphatic carbocycles. The van der Waals surface area contributed by atoms with Gasteiger partial charge in [-0.25, -0.2) is 0 Å². The molecule has 0 aliphatic heterocycles. The van der Waals surface area contributed by atoms with Gasteiger partial charge in [-0.1, -0.05) is 24.1 Å². The van der Waals surface area contributed by atoms with Crippen molar-refractivity contribution in [1.82, 2.24) is 4.98 Å². The summed E-state index contributed by atoms with van der Waals surface area (Å²) in [5.74, 6) is 6.04. The van der Waals surface area contributed by atoms with Crippen molar-refractivity contribution in [1.29, 1.82) is 0 Å². The number of carboxylic acids is 1. The third-order valence-corrected chi connectivity index (χ3v) is 6.23. The van der Waals surface area contributed by atoms with Crippen LogP contribution in [0, 0.1) is 11.8 Å². The van der Waals surface area contributed by atoms with E-state index in [2.05, 4.69) is 40.4 Å². The van der Waals surface area contributed by atoms with Crippen molar-refractivity contribution < 1.29 is 19.4 Å². The Hall–Kier alpha value is -3.82. The van der Waals surface area contributed by atoms with Gasteiger partial charge in [0.2, 0.25) is 0 Å². The van der Waals surface area contributed by atoms with Gasteiger partial charge in [-0.05, 0) is 54.4 Å². The van der Waals surface area contributed by atoms with Gasteiger partial charge in [-0.15, -0.1) is 17.3 Å². The van der Waals surface area contributed by atoms with Crippen LogP contribution in [0.1, 0.15) is 30.4 Å². The number of ether oxygens (including phenoxy) is 2. The smallest absolute Gasteiger partial charge is 0.304 e. The first-order valence-corrected chi connectivity index (χ1v) is 11.3. The quantitative estimate of drug-likeness (QED) is 0.322. The molecular weight excluding hydrogens is 434 g/mol. The van der Waals surface area contributed by atoms with E-state index in [9.17, 15) is 4.79 Å². The van der Waals surface area contributed by atoms with Crippen molar-refractivity contribution in [2.45, 2.75) is 25.9 Å². The minimum absolute atomic E-state index is 0.0227. The maximum absolute atomic E-state index is 11.1. The van der Waals surface area contributed by atoms with E-state index in [0.717, 1.165) is 33.5 Å². The molecule has 2 aromatic heterocycles. The lowest BCUT2D eigenvalue weighted by atomic mass is 9.96. The zero-order chi connectivity index (χ0) is 23.2. The Labute approximate surface area is 196 Å². The molecule has 1 atom stereocenters. The van der Waals surface area contributed by atoms with E-state index in [0.29, 0.717) is 12.4 Å². The summed E-state index contributed by atoms with van der Waals surface area (Å²) in [7, 11) is 1.65. The number of aliphatic carboxylic acids is 1. The fourth-order valence-electron chi connectivity index (χ4n) is 3.67. The van der Waals surface area contributed by atoms with Crippen molar-refractivity contribution in [2.24, 2.45) is 0 Å². The minimum atomic E-state index is -0.866. The molecule has 0 amide bonds. The number of benzene rings is 2. The molecule has 2 aromatic carbocycles. The van der Waals surface area contributed by atoms with Gasteiger partial charge < -0.3 is 14.6 Å². The fourth-order valence-corrected chi connectivity index (χ4v) is 4.60. The lowest BCUT2D eigenvalue weighted by Crippen LogP contribution is -2.04. The predicted octanol–water partition coefficient (Wildman–Crippen LogP) is 6.13. The first-order chi connectivity index (χ1) is 16.1. The summed E-state index contributed by atoms with van der Waals surface area (Å²) < 4.78 is 12.7. The first-order valence-electron chi connectivity index (χ1n) is 10.5. The zero-order valence-corrected chi connectivity index (χ0v) is 19.2. The number of nitrogens with zero attached hydrogens (tertiary/aromatic N) is 1. The van der Waals surface area contributed by atoms with Crippen molar-refractivity contribution in [3.63, 3.8) is 0 Å². The number of carbonyl (C=O) groups is 1. The zero-order valence-electron chi connectivity index (χ0n) is 18.4. The normalized spacial score (nSPS) is 11.5. The SMILES string of the molecule is CC#C[C@@H](CC(=O)O)c1ccc(OCc2ccc3scc(-c4ncccc4OC)c3c2)cc1. The highest BCUT2D eigenvalue weighted by Crippen LogP contribution is 2.37. The van der Waals surface area contributed by atoms with Gasteiger partial charge in [-0.3, -0.25) is 9.78 Å². The number of hydrogen-bond acceptors (Lipinski definition) is 5. The molecule has 5 nitrogen and oxygen atoms in total. The average molecular weight is 458 g/mol. The van der Waals surface area contributed by atoms with Gasteiger partial charge in [0.1, 0.15) is 23.8 Å². The molecule has 166 valence electrons. The number of carboxylic acid groups (broad SMARTS) is 1. The number of methoxy groups -OCH3 is 1. The van der Waals surface area contributed by atoms with Crippen LogP contribution in [0.15, 0.2) is 66.2 Å². The van der Waals surface area contributed by atoms with E-state index in [1.54, 1.807) is 31.6 Å².